The zero-order valence-electron chi connectivity index (χ0n) is 19.6. The Morgan fingerprint density at radius 3 is 2.69 bits per heavy atom. The molecule has 1 saturated heterocycles. The Balaban J connectivity index is 1.40. The van der Waals surface area contributed by atoms with Gasteiger partial charge in [-0.15, -0.1) is 5.10 Å². The number of para-hydroxylation sites is 1. The van der Waals surface area contributed by atoms with Crippen LogP contribution in [0, 0.1) is 5.92 Å². The van der Waals surface area contributed by atoms with E-state index >= 15 is 0 Å². The highest BCUT2D eigenvalue weighted by Gasteiger charge is 2.24. The third-order valence-electron chi connectivity index (χ3n) is 6.69. The Hall–Kier alpha value is -2.67. The number of unbranched alkanes of at least 4 members (excludes halogenated alkanes) is 1. The number of hydrogen-bond donors (Lipinski definition) is 2. The number of rotatable bonds is 10. The molecule has 1 atom stereocenters. The molecule has 2 N–H and O–H groups in total. The summed E-state index contributed by atoms with van der Waals surface area (Å²) in [6, 6.07) is 8.93. The van der Waals surface area contributed by atoms with Crippen molar-refractivity contribution < 1.29 is 4.79 Å². The highest BCUT2D eigenvalue weighted by molar-refractivity contribution is 5.93. The maximum atomic E-state index is 13.1. The first-order valence-corrected chi connectivity index (χ1v) is 12.0. The number of carbonyl (C=O) groups excluding carboxylic acids is 1. The fraction of sp³-hybridized carbons (Fsp3) is 0.560. The van der Waals surface area contributed by atoms with Gasteiger partial charge < -0.3 is 9.88 Å². The number of fused-ring (bicyclic) bond motifs is 1. The zero-order chi connectivity index (χ0) is 22.5. The summed E-state index contributed by atoms with van der Waals surface area (Å²) >= 11 is 0. The summed E-state index contributed by atoms with van der Waals surface area (Å²) in [7, 11) is 0. The summed E-state index contributed by atoms with van der Waals surface area (Å²) in [5, 5.41) is 8.53. The van der Waals surface area contributed by atoms with Gasteiger partial charge in [-0.3, -0.25) is 14.8 Å². The summed E-state index contributed by atoms with van der Waals surface area (Å²) in [5.41, 5.74) is 2.44. The number of nitrogens with zero attached hydrogens (tertiary/aromatic N) is 4. The van der Waals surface area contributed by atoms with Gasteiger partial charge in [0.05, 0.1) is 0 Å². The van der Waals surface area contributed by atoms with Gasteiger partial charge in [-0.2, -0.15) is 4.98 Å². The molecule has 7 nitrogen and oxygen atoms in total. The Bertz CT molecular complexity index is 1010. The number of H-pyrrole nitrogens is 2. The standard InChI is InChI=1S/C25H36N6O/c1-4-5-8-19(15-20-17-26-22-10-7-6-9-21(20)22)16-23(32)24-27-25(29-28-24)31-13-11-30(12-14-31)18(2)3/h6-7,9-10,17-19,26H,4-5,8,11-16H2,1-3H3,(H,27,28,29). The Morgan fingerprint density at radius 2 is 1.94 bits per heavy atom. The molecule has 32 heavy (non-hydrogen) atoms. The first-order chi connectivity index (χ1) is 15.5. The van der Waals surface area contributed by atoms with Crippen molar-refractivity contribution in [2.45, 2.75) is 58.9 Å². The first-order valence-electron chi connectivity index (χ1n) is 12.0. The number of carbonyl (C=O) groups is 1. The lowest BCUT2D eigenvalue weighted by molar-refractivity contribution is 0.0948. The lowest BCUT2D eigenvalue weighted by Gasteiger charge is -2.36. The number of anilines is 1. The summed E-state index contributed by atoms with van der Waals surface area (Å²) in [5.74, 6) is 1.40. The van der Waals surface area contributed by atoms with Crippen LogP contribution in [0.5, 0.6) is 0 Å². The SMILES string of the molecule is CCCCC(CC(=O)c1nc(N2CCN(C(C)C)CC2)n[nH]1)Cc1c[nH]c2ccccc12. The van der Waals surface area contributed by atoms with Gasteiger partial charge in [0.2, 0.25) is 5.95 Å². The molecular formula is C25H36N6O. The van der Waals surface area contributed by atoms with E-state index in [9.17, 15) is 4.79 Å². The van der Waals surface area contributed by atoms with E-state index in [1.54, 1.807) is 0 Å². The molecule has 0 aliphatic carbocycles. The van der Waals surface area contributed by atoms with Gasteiger partial charge in [0.1, 0.15) is 0 Å². The molecule has 1 aliphatic rings. The topological polar surface area (TPSA) is 80.9 Å². The second kappa shape index (κ2) is 10.3. The maximum Gasteiger partial charge on any atom is 0.245 e. The highest BCUT2D eigenvalue weighted by atomic mass is 16.1. The van der Waals surface area contributed by atoms with Crippen LogP contribution in [0.2, 0.25) is 0 Å². The number of piperazine rings is 1. The van der Waals surface area contributed by atoms with Crippen LogP contribution >= 0.6 is 0 Å². The molecule has 3 aromatic rings. The van der Waals surface area contributed by atoms with Gasteiger partial charge in [-0.1, -0.05) is 38.0 Å². The predicted molar refractivity (Wildman–Crippen MR) is 129 cm³/mol. The van der Waals surface area contributed by atoms with E-state index in [1.165, 1.54) is 10.9 Å². The Morgan fingerprint density at radius 1 is 1.16 bits per heavy atom. The second-order valence-electron chi connectivity index (χ2n) is 9.30. The van der Waals surface area contributed by atoms with Crippen molar-refractivity contribution >= 4 is 22.6 Å². The van der Waals surface area contributed by atoms with Gasteiger partial charge >= 0.3 is 0 Å². The molecule has 4 rings (SSSR count). The summed E-state index contributed by atoms with van der Waals surface area (Å²) < 4.78 is 0. The maximum absolute atomic E-state index is 13.1. The van der Waals surface area contributed by atoms with Crippen molar-refractivity contribution in [3.05, 3.63) is 41.9 Å². The molecule has 1 unspecified atom stereocenters. The van der Waals surface area contributed by atoms with E-state index in [2.05, 4.69) is 75.1 Å². The normalized spacial score (nSPS) is 16.2. The van der Waals surface area contributed by atoms with Crippen LogP contribution in [0.25, 0.3) is 10.9 Å². The summed E-state index contributed by atoms with van der Waals surface area (Å²) in [6.45, 7) is 10.4. The van der Waals surface area contributed by atoms with Crippen molar-refractivity contribution in [3.8, 4) is 0 Å². The largest absolute Gasteiger partial charge is 0.361 e. The molecule has 0 saturated carbocycles. The second-order valence-corrected chi connectivity index (χ2v) is 9.30. The number of hydrogen-bond acceptors (Lipinski definition) is 5. The fourth-order valence-corrected chi connectivity index (χ4v) is 4.70. The van der Waals surface area contributed by atoms with Crippen LogP contribution in [0.4, 0.5) is 5.95 Å². The van der Waals surface area contributed by atoms with Crippen LogP contribution in [-0.2, 0) is 6.42 Å². The average molecular weight is 437 g/mol. The van der Waals surface area contributed by atoms with Crippen LogP contribution in [0.3, 0.4) is 0 Å². The smallest absolute Gasteiger partial charge is 0.245 e. The number of ketones is 1. The lowest BCUT2D eigenvalue weighted by atomic mass is 9.89. The number of aromatic amines is 2. The minimum atomic E-state index is 0.0607. The molecule has 2 aromatic heterocycles. The van der Waals surface area contributed by atoms with Gasteiger partial charge in [-0.05, 0) is 44.2 Å². The van der Waals surface area contributed by atoms with Crippen molar-refractivity contribution in [1.29, 1.82) is 0 Å². The molecular weight excluding hydrogens is 400 g/mol. The van der Waals surface area contributed by atoms with Crippen molar-refractivity contribution in [2.24, 2.45) is 5.92 Å². The number of Topliss-reactive ketones (excluding diaryl/α,β-unsaturated/α-hetero) is 1. The van der Waals surface area contributed by atoms with Crippen molar-refractivity contribution in [1.82, 2.24) is 25.1 Å². The highest BCUT2D eigenvalue weighted by Crippen LogP contribution is 2.26. The predicted octanol–water partition coefficient (Wildman–Crippen LogP) is 4.44. The van der Waals surface area contributed by atoms with E-state index in [0.29, 0.717) is 30.2 Å². The first kappa shape index (κ1) is 22.5. The zero-order valence-corrected chi connectivity index (χ0v) is 19.6. The van der Waals surface area contributed by atoms with Crippen molar-refractivity contribution in [3.63, 3.8) is 0 Å². The lowest BCUT2D eigenvalue weighted by Crippen LogP contribution is -2.49. The van der Waals surface area contributed by atoms with E-state index < -0.39 is 0 Å². The van der Waals surface area contributed by atoms with Gasteiger partial charge in [0.25, 0.3) is 0 Å². The van der Waals surface area contributed by atoms with Gasteiger partial charge in [-0.25, -0.2) is 0 Å². The molecule has 7 heteroatoms. The van der Waals surface area contributed by atoms with Gasteiger partial charge in [0, 0.05) is 55.7 Å². The molecule has 0 amide bonds. The monoisotopic (exact) mass is 436 g/mol. The molecule has 1 aromatic carbocycles. The minimum absolute atomic E-state index is 0.0607. The molecule has 1 aliphatic heterocycles. The quantitative estimate of drug-likeness (QED) is 0.459. The van der Waals surface area contributed by atoms with E-state index in [1.807, 2.05) is 6.07 Å². The molecule has 3 heterocycles. The van der Waals surface area contributed by atoms with E-state index in [-0.39, 0.29) is 5.78 Å². The van der Waals surface area contributed by atoms with E-state index in [4.69, 9.17) is 0 Å². The number of benzene rings is 1. The summed E-state index contributed by atoms with van der Waals surface area (Å²) in [4.78, 5) is 25.6. The molecule has 1 fully saturated rings. The number of aromatic nitrogens is 4. The summed E-state index contributed by atoms with van der Waals surface area (Å²) in [6.07, 6.45) is 6.79. The third kappa shape index (κ3) is 5.21. The van der Waals surface area contributed by atoms with Crippen LogP contribution in [0.1, 0.15) is 62.6 Å². The van der Waals surface area contributed by atoms with E-state index in [0.717, 1.165) is 57.4 Å². The fourth-order valence-electron chi connectivity index (χ4n) is 4.70. The van der Waals surface area contributed by atoms with Crippen LogP contribution in [-0.4, -0.2) is 63.1 Å². The Labute approximate surface area is 190 Å². The Kier molecular flexibility index (Phi) is 7.25. The van der Waals surface area contributed by atoms with Crippen LogP contribution in [0.15, 0.2) is 30.5 Å². The molecule has 0 radical (unpaired) electrons. The van der Waals surface area contributed by atoms with Gasteiger partial charge in [0.15, 0.2) is 11.6 Å². The molecule has 172 valence electrons. The molecule has 0 bridgehead atoms. The minimum Gasteiger partial charge on any atom is -0.361 e. The number of nitrogens with one attached hydrogen (secondary N) is 2. The molecule has 0 spiro atoms. The third-order valence-corrected chi connectivity index (χ3v) is 6.69. The average Bonchev–Trinajstić information content (AvgIpc) is 3.45. The van der Waals surface area contributed by atoms with Crippen LogP contribution < -0.4 is 4.90 Å². The van der Waals surface area contributed by atoms with Crippen molar-refractivity contribution in [2.75, 3.05) is 31.1 Å².